The smallest absolute Gasteiger partial charge is 0.337 e. The van der Waals surface area contributed by atoms with Gasteiger partial charge >= 0.3 is 7.60 Å². The van der Waals surface area contributed by atoms with E-state index in [4.69, 9.17) is 19.8 Å². The highest BCUT2D eigenvalue weighted by atomic mass is 31.2. The number of hydrogen-bond acceptors (Lipinski definition) is 4. The minimum atomic E-state index is -4.56. The van der Waals surface area contributed by atoms with E-state index in [1.54, 1.807) is 0 Å². The van der Waals surface area contributed by atoms with E-state index >= 15 is 0 Å². The molecule has 16 heavy (non-hydrogen) atoms. The van der Waals surface area contributed by atoms with Crippen LogP contribution in [0.1, 0.15) is 25.7 Å². The van der Waals surface area contributed by atoms with Gasteiger partial charge in [0.1, 0.15) is 5.40 Å². The van der Waals surface area contributed by atoms with E-state index in [-0.39, 0.29) is 32.3 Å². The summed E-state index contributed by atoms with van der Waals surface area (Å²) in [6.45, 7) is -0.167. The van der Waals surface area contributed by atoms with Crippen molar-refractivity contribution in [1.82, 2.24) is 0 Å². The van der Waals surface area contributed by atoms with Gasteiger partial charge in [0, 0.05) is 6.61 Å². The zero-order chi connectivity index (χ0) is 12.8. The summed E-state index contributed by atoms with van der Waals surface area (Å²) in [6, 6.07) is 0. The molecule has 98 valence electrons. The maximum absolute atomic E-state index is 10.8. The van der Waals surface area contributed by atoms with Crippen molar-refractivity contribution >= 4 is 15.6 Å². The van der Waals surface area contributed by atoms with Crippen molar-refractivity contribution in [2.45, 2.75) is 37.2 Å². The Morgan fingerprint density at radius 3 is 2.12 bits per heavy atom. The van der Waals surface area contributed by atoms with Crippen molar-refractivity contribution in [3.8, 4) is 0 Å². The van der Waals surface area contributed by atoms with Crippen LogP contribution in [0.2, 0.25) is 0 Å². The van der Waals surface area contributed by atoms with Crippen LogP contribution in [0, 0.1) is 0 Å². The van der Waals surface area contributed by atoms with Gasteiger partial charge in [-0.25, -0.2) is 0 Å². The summed E-state index contributed by atoms with van der Waals surface area (Å²) in [4.78, 5) is 26.3. The lowest BCUT2D eigenvalue weighted by Gasteiger charge is -2.16. The lowest BCUT2D eigenvalue weighted by atomic mass is 10.1. The molecule has 0 radical (unpaired) electrons. The van der Waals surface area contributed by atoms with Gasteiger partial charge in [-0.1, -0.05) is 0 Å². The quantitative estimate of drug-likeness (QED) is 0.389. The van der Waals surface area contributed by atoms with Crippen LogP contribution in [0.3, 0.4) is 0 Å². The molecule has 0 amide bonds. The first-order chi connectivity index (χ1) is 7.29. The molecule has 0 fully saturated rings. The van der Waals surface area contributed by atoms with E-state index in [0.717, 1.165) is 0 Å². The summed E-state index contributed by atoms with van der Waals surface area (Å²) < 4.78 is 21.6. The van der Waals surface area contributed by atoms with Crippen molar-refractivity contribution in [2.75, 3.05) is 6.61 Å². The summed E-state index contributed by atoms with van der Waals surface area (Å²) in [7, 11) is -7.84. The number of hydrogen-bond donors (Lipinski definition) is 5. The maximum atomic E-state index is 10.8. The topological polar surface area (TPSA) is 135 Å². The highest BCUT2D eigenvalue weighted by molar-refractivity contribution is 7.65. The number of rotatable bonds is 8. The van der Waals surface area contributed by atoms with Crippen LogP contribution in [0.5, 0.6) is 0 Å². The molecule has 0 aromatic carbocycles. The third kappa shape index (κ3) is 6.76. The fourth-order valence-electron chi connectivity index (χ4n) is 1.28. The van der Waals surface area contributed by atoms with Gasteiger partial charge in [0.2, 0.25) is 8.03 Å². The van der Waals surface area contributed by atoms with Gasteiger partial charge in [0.15, 0.2) is 0 Å². The zero-order valence-electron chi connectivity index (χ0n) is 8.69. The molecule has 7 nitrogen and oxygen atoms in total. The lowest BCUT2D eigenvalue weighted by Crippen LogP contribution is -2.10. The Bertz CT molecular complexity index is 263. The Hall–Kier alpha value is 0.260. The first kappa shape index (κ1) is 16.3. The molecule has 0 aliphatic carbocycles. The van der Waals surface area contributed by atoms with Crippen molar-refractivity contribution in [3.63, 3.8) is 0 Å². The van der Waals surface area contributed by atoms with E-state index in [0.29, 0.717) is 0 Å². The average Bonchev–Trinajstić information content (AvgIpc) is 2.10. The molecule has 9 heteroatoms. The van der Waals surface area contributed by atoms with Crippen LogP contribution in [-0.2, 0) is 9.13 Å². The molecule has 5 N–H and O–H groups in total. The van der Waals surface area contributed by atoms with Crippen molar-refractivity contribution < 1.29 is 34.0 Å². The standard InChI is InChI=1S/C7H18O7P2/c8-5-4-6(9)2-1-3-7(15(10)11)16(12,13)14/h6-9,15H,1-5H2,(H,10,11)(H2,12,13,14). The first-order valence-corrected chi connectivity index (χ1v) is 7.97. The summed E-state index contributed by atoms with van der Waals surface area (Å²) in [5.74, 6) is 0. The molecule has 0 bridgehead atoms. The fourth-order valence-corrected chi connectivity index (χ4v) is 3.40. The van der Waals surface area contributed by atoms with Gasteiger partial charge in [-0.2, -0.15) is 0 Å². The highest BCUT2D eigenvalue weighted by Crippen LogP contribution is 2.53. The van der Waals surface area contributed by atoms with E-state index in [2.05, 4.69) is 0 Å². The second-order valence-corrected chi connectivity index (χ2v) is 7.20. The average molecular weight is 276 g/mol. The molecular formula is C7H18O7P2. The summed E-state index contributed by atoms with van der Waals surface area (Å²) in [5, 5.41) is 16.2. The molecule has 0 aliphatic rings. The van der Waals surface area contributed by atoms with Crippen molar-refractivity contribution in [2.24, 2.45) is 0 Å². The summed E-state index contributed by atoms with van der Waals surface area (Å²) >= 11 is 0. The molecule has 0 heterocycles. The largest absolute Gasteiger partial charge is 0.396 e. The maximum Gasteiger partial charge on any atom is 0.337 e. The molecule has 0 aromatic rings. The molecule has 0 rings (SSSR count). The molecule has 0 saturated heterocycles. The molecular weight excluding hydrogens is 258 g/mol. The molecule has 3 atom stereocenters. The van der Waals surface area contributed by atoms with E-state index in [1.807, 2.05) is 0 Å². The lowest BCUT2D eigenvalue weighted by molar-refractivity contribution is 0.122. The summed E-state index contributed by atoms with van der Waals surface area (Å²) in [6.07, 6.45) is -0.195. The normalized spacial score (nSPS) is 18.1. The minimum absolute atomic E-state index is 0.110. The Morgan fingerprint density at radius 2 is 1.75 bits per heavy atom. The van der Waals surface area contributed by atoms with Crippen molar-refractivity contribution in [3.05, 3.63) is 0 Å². The van der Waals surface area contributed by atoms with Crippen molar-refractivity contribution in [1.29, 1.82) is 0 Å². The van der Waals surface area contributed by atoms with Gasteiger partial charge in [-0.15, -0.1) is 0 Å². The predicted octanol–water partition coefficient (Wildman–Crippen LogP) is -0.129. The first-order valence-electron chi connectivity index (χ1n) is 4.86. The predicted molar refractivity (Wildman–Crippen MR) is 58.6 cm³/mol. The van der Waals surface area contributed by atoms with Crippen LogP contribution in [0.4, 0.5) is 0 Å². The Labute approximate surface area is 94.2 Å². The molecule has 0 aliphatic heterocycles. The second-order valence-electron chi connectivity index (χ2n) is 3.54. The van der Waals surface area contributed by atoms with E-state index in [9.17, 15) is 14.2 Å². The molecule has 0 saturated carbocycles. The number of aliphatic hydroxyl groups excluding tert-OH is 2. The Morgan fingerprint density at radius 1 is 1.19 bits per heavy atom. The zero-order valence-corrected chi connectivity index (χ0v) is 10.6. The third-order valence-corrected chi connectivity index (χ3v) is 5.77. The minimum Gasteiger partial charge on any atom is -0.396 e. The summed E-state index contributed by atoms with van der Waals surface area (Å²) in [5.41, 5.74) is 0. The van der Waals surface area contributed by atoms with Gasteiger partial charge < -0.3 is 24.9 Å². The Balaban J connectivity index is 4.06. The monoisotopic (exact) mass is 276 g/mol. The van der Waals surface area contributed by atoms with Crippen LogP contribution in [0.15, 0.2) is 0 Å². The van der Waals surface area contributed by atoms with Crippen LogP contribution < -0.4 is 0 Å². The fraction of sp³-hybridized carbons (Fsp3) is 1.00. The van der Waals surface area contributed by atoms with Gasteiger partial charge in [-0.05, 0) is 25.7 Å². The van der Waals surface area contributed by atoms with E-state index in [1.165, 1.54) is 0 Å². The molecule has 0 spiro atoms. The van der Waals surface area contributed by atoms with Crippen LogP contribution in [-0.4, -0.2) is 43.0 Å². The number of aliphatic hydroxyl groups is 2. The highest BCUT2D eigenvalue weighted by Gasteiger charge is 2.32. The van der Waals surface area contributed by atoms with Gasteiger partial charge in [0.25, 0.3) is 0 Å². The van der Waals surface area contributed by atoms with Gasteiger partial charge in [-0.3, -0.25) is 9.13 Å². The molecule has 3 unspecified atom stereocenters. The SMILES string of the molecule is O=[PH](O)C(CCCC(O)CCO)P(=O)(O)O. The van der Waals surface area contributed by atoms with Gasteiger partial charge in [0.05, 0.1) is 6.10 Å². The molecule has 0 aromatic heterocycles. The van der Waals surface area contributed by atoms with Crippen LogP contribution >= 0.6 is 15.6 Å². The second kappa shape index (κ2) is 7.56. The third-order valence-electron chi connectivity index (χ3n) is 2.17. The van der Waals surface area contributed by atoms with Crippen LogP contribution in [0.25, 0.3) is 0 Å². The Kier molecular flexibility index (Phi) is 7.68. The van der Waals surface area contributed by atoms with E-state index < -0.39 is 27.1 Å².